The summed E-state index contributed by atoms with van der Waals surface area (Å²) >= 11 is 0. The van der Waals surface area contributed by atoms with Crippen LogP contribution in [-0.4, -0.2) is 24.5 Å². The van der Waals surface area contributed by atoms with Gasteiger partial charge in [-0.15, -0.1) is 0 Å². The largest absolute Gasteiger partial charge is 0.303 e. The molecule has 1 nitrogen and oxygen atoms in total. The van der Waals surface area contributed by atoms with Gasteiger partial charge in [0.15, 0.2) is 0 Å². The molecule has 0 radical (unpaired) electrons. The molecule has 0 saturated heterocycles. The van der Waals surface area contributed by atoms with E-state index in [1.54, 1.807) is 0 Å². The van der Waals surface area contributed by atoms with Gasteiger partial charge in [-0.2, -0.15) is 0 Å². The van der Waals surface area contributed by atoms with Crippen LogP contribution in [0, 0.1) is 11.8 Å². The number of hydrogen-bond donors (Lipinski definition) is 0. The summed E-state index contributed by atoms with van der Waals surface area (Å²) in [6.07, 6.45) is 8.17. The molecule has 0 aliphatic carbocycles. The molecule has 0 amide bonds. The van der Waals surface area contributed by atoms with E-state index >= 15 is 0 Å². The van der Waals surface area contributed by atoms with Crippen molar-refractivity contribution in [2.75, 3.05) is 13.6 Å². The normalized spacial score (nSPS) is 17.1. The average molecular weight is 241 g/mol. The smallest absolute Gasteiger partial charge is 0.00920 e. The summed E-state index contributed by atoms with van der Waals surface area (Å²) in [5, 5.41) is 0. The summed E-state index contributed by atoms with van der Waals surface area (Å²) in [4.78, 5) is 2.54. The lowest BCUT2D eigenvalue weighted by Gasteiger charge is -2.31. The molecule has 0 spiro atoms. The van der Waals surface area contributed by atoms with Crippen LogP contribution in [-0.2, 0) is 0 Å². The predicted molar refractivity (Wildman–Crippen MR) is 79.5 cm³/mol. The van der Waals surface area contributed by atoms with Gasteiger partial charge in [-0.25, -0.2) is 0 Å². The highest BCUT2D eigenvalue weighted by Crippen LogP contribution is 2.22. The van der Waals surface area contributed by atoms with Crippen molar-refractivity contribution in [3.05, 3.63) is 0 Å². The Morgan fingerprint density at radius 3 is 2.06 bits per heavy atom. The molecule has 0 aliphatic heterocycles. The minimum absolute atomic E-state index is 0.747. The van der Waals surface area contributed by atoms with Gasteiger partial charge in [-0.3, -0.25) is 0 Å². The van der Waals surface area contributed by atoms with Gasteiger partial charge in [0, 0.05) is 6.04 Å². The molecule has 0 aromatic carbocycles. The molecule has 0 aromatic rings. The molecule has 3 unspecified atom stereocenters. The Hall–Kier alpha value is -0.0400. The van der Waals surface area contributed by atoms with Crippen LogP contribution in [0.25, 0.3) is 0 Å². The molecule has 3 atom stereocenters. The highest BCUT2D eigenvalue weighted by atomic mass is 15.1. The third kappa shape index (κ3) is 7.08. The number of nitrogens with zero attached hydrogens (tertiary/aromatic N) is 1. The van der Waals surface area contributed by atoms with Crippen molar-refractivity contribution in [3.8, 4) is 0 Å². The van der Waals surface area contributed by atoms with E-state index in [2.05, 4.69) is 46.6 Å². The van der Waals surface area contributed by atoms with Gasteiger partial charge in [-0.05, 0) is 45.2 Å². The van der Waals surface area contributed by atoms with Crippen LogP contribution in [0.3, 0.4) is 0 Å². The van der Waals surface area contributed by atoms with E-state index in [9.17, 15) is 0 Å². The van der Waals surface area contributed by atoms with Crippen molar-refractivity contribution < 1.29 is 0 Å². The van der Waals surface area contributed by atoms with Crippen molar-refractivity contribution in [2.24, 2.45) is 11.8 Å². The fourth-order valence-corrected chi connectivity index (χ4v) is 2.64. The maximum Gasteiger partial charge on any atom is 0.00920 e. The second-order valence-electron chi connectivity index (χ2n) is 5.83. The van der Waals surface area contributed by atoms with Gasteiger partial charge in [0.1, 0.15) is 0 Å². The lowest BCUT2D eigenvalue weighted by Crippen LogP contribution is -2.35. The van der Waals surface area contributed by atoms with Crippen LogP contribution in [0.4, 0.5) is 0 Å². The van der Waals surface area contributed by atoms with Crippen LogP contribution in [0.1, 0.15) is 73.1 Å². The van der Waals surface area contributed by atoms with Gasteiger partial charge in [0.2, 0.25) is 0 Å². The zero-order valence-electron chi connectivity index (χ0n) is 13.1. The Morgan fingerprint density at radius 1 is 0.941 bits per heavy atom. The van der Waals surface area contributed by atoms with Gasteiger partial charge in [0.25, 0.3) is 0 Å². The monoisotopic (exact) mass is 241 g/mol. The lowest BCUT2D eigenvalue weighted by atomic mass is 9.89. The Balaban J connectivity index is 3.96. The minimum atomic E-state index is 0.747. The molecular formula is C16H35N. The summed E-state index contributed by atoms with van der Waals surface area (Å²) in [5.74, 6) is 1.80. The Kier molecular flexibility index (Phi) is 9.91. The van der Waals surface area contributed by atoms with Crippen molar-refractivity contribution >= 4 is 0 Å². The maximum absolute atomic E-state index is 2.54. The predicted octanol–water partition coefficient (Wildman–Crippen LogP) is 4.96. The van der Waals surface area contributed by atoms with Crippen LogP contribution in [0.15, 0.2) is 0 Å². The first-order valence-corrected chi connectivity index (χ1v) is 7.76. The van der Waals surface area contributed by atoms with Crippen LogP contribution >= 0.6 is 0 Å². The first-order chi connectivity index (χ1) is 8.06. The Labute approximate surface area is 110 Å². The molecule has 0 aliphatic rings. The summed E-state index contributed by atoms with van der Waals surface area (Å²) < 4.78 is 0. The van der Waals surface area contributed by atoms with Crippen LogP contribution in [0.2, 0.25) is 0 Å². The zero-order chi connectivity index (χ0) is 13.3. The molecule has 0 heterocycles. The van der Waals surface area contributed by atoms with Crippen molar-refractivity contribution in [1.82, 2.24) is 4.90 Å². The summed E-state index contributed by atoms with van der Waals surface area (Å²) in [6.45, 7) is 13.0. The molecule has 0 aromatic heterocycles. The van der Waals surface area contributed by atoms with Crippen LogP contribution in [0.5, 0.6) is 0 Å². The van der Waals surface area contributed by atoms with E-state index in [1.807, 2.05) is 0 Å². The van der Waals surface area contributed by atoms with Crippen molar-refractivity contribution in [3.63, 3.8) is 0 Å². The fraction of sp³-hybridized carbons (Fsp3) is 1.00. The molecule has 0 N–H and O–H groups in total. The molecule has 1 heteroatoms. The van der Waals surface area contributed by atoms with E-state index in [-0.39, 0.29) is 0 Å². The standard InChI is InChI=1S/C16H35N/c1-7-13-17(6)15(5)16(9-3)12-10-11-14(4)8-2/h14-16H,7-13H2,1-6H3. The molecular weight excluding hydrogens is 206 g/mol. The fourth-order valence-electron chi connectivity index (χ4n) is 2.64. The van der Waals surface area contributed by atoms with Gasteiger partial charge in [-0.1, -0.05) is 53.4 Å². The first kappa shape index (κ1) is 17.0. The summed E-state index contributed by atoms with van der Waals surface area (Å²) in [7, 11) is 2.28. The lowest BCUT2D eigenvalue weighted by molar-refractivity contribution is 0.175. The highest BCUT2D eigenvalue weighted by molar-refractivity contribution is 4.73. The van der Waals surface area contributed by atoms with Gasteiger partial charge < -0.3 is 4.90 Å². The topological polar surface area (TPSA) is 3.24 Å². The summed E-state index contributed by atoms with van der Waals surface area (Å²) in [6, 6.07) is 0.747. The first-order valence-electron chi connectivity index (χ1n) is 7.76. The SMILES string of the molecule is CCCN(C)C(C)C(CC)CCCC(C)CC. The quantitative estimate of drug-likeness (QED) is 0.522. The molecule has 0 bridgehead atoms. The highest BCUT2D eigenvalue weighted by Gasteiger charge is 2.18. The van der Waals surface area contributed by atoms with Crippen molar-refractivity contribution in [1.29, 1.82) is 0 Å². The van der Waals surface area contributed by atoms with E-state index in [0.29, 0.717) is 0 Å². The minimum Gasteiger partial charge on any atom is -0.303 e. The molecule has 0 saturated carbocycles. The maximum atomic E-state index is 2.54. The second-order valence-corrected chi connectivity index (χ2v) is 5.83. The van der Waals surface area contributed by atoms with Crippen molar-refractivity contribution in [2.45, 2.75) is 79.2 Å². The molecule has 0 fully saturated rings. The van der Waals surface area contributed by atoms with E-state index in [0.717, 1.165) is 17.9 Å². The Bertz CT molecular complexity index is 167. The molecule has 0 rings (SSSR count). The zero-order valence-corrected chi connectivity index (χ0v) is 13.1. The van der Waals surface area contributed by atoms with Gasteiger partial charge >= 0.3 is 0 Å². The number of rotatable bonds is 10. The van der Waals surface area contributed by atoms with Crippen LogP contribution < -0.4 is 0 Å². The molecule has 17 heavy (non-hydrogen) atoms. The molecule has 104 valence electrons. The third-order valence-electron chi connectivity index (χ3n) is 4.45. The van der Waals surface area contributed by atoms with Gasteiger partial charge in [0.05, 0.1) is 0 Å². The number of hydrogen-bond acceptors (Lipinski definition) is 1. The van der Waals surface area contributed by atoms with E-state index in [1.165, 1.54) is 45.1 Å². The second kappa shape index (κ2) is 9.94. The average Bonchev–Trinajstić information content (AvgIpc) is 2.33. The summed E-state index contributed by atoms with van der Waals surface area (Å²) in [5.41, 5.74) is 0. The van der Waals surface area contributed by atoms with E-state index in [4.69, 9.17) is 0 Å². The van der Waals surface area contributed by atoms with E-state index < -0.39 is 0 Å². The Morgan fingerprint density at radius 2 is 1.59 bits per heavy atom. The third-order valence-corrected chi connectivity index (χ3v) is 4.45.